The molecule has 16 heavy (non-hydrogen) atoms. The predicted octanol–water partition coefficient (Wildman–Crippen LogP) is 2.22. The van der Waals surface area contributed by atoms with Crippen molar-refractivity contribution in [2.45, 2.75) is 18.9 Å². The van der Waals surface area contributed by atoms with Crippen LogP contribution >= 0.6 is 48.8 Å². The third-order valence-corrected chi connectivity index (χ3v) is 2.09. The molecule has 1 unspecified atom stereocenters. The second kappa shape index (κ2) is 11.7. The van der Waals surface area contributed by atoms with Crippen LogP contribution in [0.25, 0.3) is 0 Å². The van der Waals surface area contributed by atoms with Crippen LogP contribution in [0.4, 0.5) is 0 Å². The zero-order chi connectivity index (χ0) is 9.68. The molecule has 0 saturated carbocycles. The van der Waals surface area contributed by atoms with Gasteiger partial charge < -0.3 is 11.5 Å². The van der Waals surface area contributed by atoms with E-state index < -0.39 is 0 Å². The van der Waals surface area contributed by atoms with Gasteiger partial charge in [0.05, 0.1) is 5.02 Å². The molecule has 0 bridgehead atoms. The molecule has 3 nitrogen and oxygen atoms in total. The molecule has 1 rings (SSSR count). The van der Waals surface area contributed by atoms with E-state index >= 15 is 0 Å². The highest BCUT2D eigenvalue weighted by Crippen LogP contribution is 2.07. The standard InChI is InChI=1S/C9H14ClN3.3ClH/c10-7-1-3-9(13-6-7)4-2-8(12)5-11;;;/h1,3,6,8H,2,4-5,11-12H2;3*1H. The topological polar surface area (TPSA) is 64.9 Å². The molecule has 0 radical (unpaired) electrons. The Morgan fingerprint density at radius 3 is 2.31 bits per heavy atom. The van der Waals surface area contributed by atoms with Gasteiger partial charge in [0.2, 0.25) is 0 Å². The highest BCUT2D eigenvalue weighted by atomic mass is 35.5. The van der Waals surface area contributed by atoms with Crippen LogP contribution in [-0.2, 0) is 6.42 Å². The van der Waals surface area contributed by atoms with Gasteiger partial charge in [0.25, 0.3) is 0 Å². The van der Waals surface area contributed by atoms with E-state index in [0.717, 1.165) is 18.5 Å². The maximum atomic E-state index is 5.69. The average molecular weight is 309 g/mol. The van der Waals surface area contributed by atoms with E-state index in [1.165, 1.54) is 0 Å². The van der Waals surface area contributed by atoms with Crippen molar-refractivity contribution in [2.24, 2.45) is 11.5 Å². The first-order valence-electron chi connectivity index (χ1n) is 4.28. The van der Waals surface area contributed by atoms with E-state index in [1.807, 2.05) is 12.1 Å². The zero-order valence-corrected chi connectivity index (χ0v) is 11.8. The van der Waals surface area contributed by atoms with Gasteiger partial charge in [-0.2, -0.15) is 0 Å². The van der Waals surface area contributed by atoms with E-state index in [2.05, 4.69) is 4.98 Å². The van der Waals surface area contributed by atoms with Gasteiger partial charge in [0.1, 0.15) is 0 Å². The van der Waals surface area contributed by atoms with Gasteiger partial charge in [-0.3, -0.25) is 4.98 Å². The van der Waals surface area contributed by atoms with Crippen LogP contribution in [0.1, 0.15) is 12.1 Å². The Bertz CT molecular complexity index is 255. The van der Waals surface area contributed by atoms with Gasteiger partial charge in [-0.05, 0) is 25.0 Å². The average Bonchev–Trinajstić information content (AvgIpc) is 2.16. The number of pyridine rings is 1. The summed E-state index contributed by atoms with van der Waals surface area (Å²) < 4.78 is 0. The summed E-state index contributed by atoms with van der Waals surface area (Å²) in [5, 5.41) is 0.659. The lowest BCUT2D eigenvalue weighted by Crippen LogP contribution is -2.30. The van der Waals surface area contributed by atoms with Crippen LogP contribution in [0.2, 0.25) is 5.02 Å². The summed E-state index contributed by atoms with van der Waals surface area (Å²) in [7, 11) is 0. The Balaban J connectivity index is -0.000000563. The van der Waals surface area contributed by atoms with E-state index in [4.69, 9.17) is 23.1 Å². The zero-order valence-electron chi connectivity index (χ0n) is 8.64. The summed E-state index contributed by atoms with van der Waals surface area (Å²) in [5.41, 5.74) is 12.1. The van der Waals surface area contributed by atoms with Crippen molar-refractivity contribution in [2.75, 3.05) is 6.54 Å². The first-order chi connectivity index (χ1) is 6.22. The van der Waals surface area contributed by atoms with E-state index in [0.29, 0.717) is 11.6 Å². The fourth-order valence-electron chi connectivity index (χ4n) is 1.01. The summed E-state index contributed by atoms with van der Waals surface area (Å²) in [4.78, 5) is 4.16. The minimum absolute atomic E-state index is 0. The van der Waals surface area contributed by atoms with Crippen molar-refractivity contribution in [3.05, 3.63) is 29.0 Å². The number of halogens is 4. The Kier molecular flexibility index (Phi) is 15.7. The van der Waals surface area contributed by atoms with Gasteiger partial charge in [0.15, 0.2) is 0 Å². The molecule has 0 aliphatic heterocycles. The van der Waals surface area contributed by atoms with Crippen LogP contribution in [0.5, 0.6) is 0 Å². The largest absolute Gasteiger partial charge is 0.329 e. The lowest BCUT2D eigenvalue weighted by Gasteiger charge is -2.07. The van der Waals surface area contributed by atoms with Crippen LogP contribution < -0.4 is 11.5 Å². The van der Waals surface area contributed by atoms with Gasteiger partial charge in [-0.25, -0.2) is 0 Å². The second-order valence-corrected chi connectivity index (χ2v) is 3.44. The van der Waals surface area contributed by atoms with Crippen molar-refractivity contribution in [1.29, 1.82) is 0 Å². The minimum Gasteiger partial charge on any atom is -0.329 e. The molecule has 0 aromatic carbocycles. The second-order valence-electron chi connectivity index (χ2n) is 3.00. The third-order valence-electron chi connectivity index (χ3n) is 1.86. The van der Waals surface area contributed by atoms with Crippen molar-refractivity contribution in [3.8, 4) is 0 Å². The van der Waals surface area contributed by atoms with Crippen LogP contribution in [0.3, 0.4) is 0 Å². The molecule has 0 aliphatic carbocycles. The quantitative estimate of drug-likeness (QED) is 0.896. The minimum atomic E-state index is 0. The lowest BCUT2D eigenvalue weighted by molar-refractivity contribution is 0.617. The Morgan fingerprint density at radius 2 is 1.88 bits per heavy atom. The first-order valence-corrected chi connectivity index (χ1v) is 4.66. The predicted molar refractivity (Wildman–Crippen MR) is 76.3 cm³/mol. The Hall–Kier alpha value is 0.230. The van der Waals surface area contributed by atoms with Gasteiger partial charge in [0, 0.05) is 24.5 Å². The van der Waals surface area contributed by atoms with Gasteiger partial charge in [-0.1, -0.05) is 11.6 Å². The van der Waals surface area contributed by atoms with Gasteiger partial charge >= 0.3 is 0 Å². The van der Waals surface area contributed by atoms with Crippen LogP contribution in [0, 0.1) is 0 Å². The summed E-state index contributed by atoms with van der Waals surface area (Å²) in [5.74, 6) is 0. The Morgan fingerprint density at radius 1 is 1.25 bits per heavy atom. The monoisotopic (exact) mass is 307 g/mol. The fraction of sp³-hybridized carbons (Fsp3) is 0.444. The molecule has 1 aromatic rings. The highest BCUT2D eigenvalue weighted by Gasteiger charge is 2.00. The van der Waals surface area contributed by atoms with E-state index in [9.17, 15) is 0 Å². The Labute approximate surface area is 120 Å². The third kappa shape index (κ3) is 8.39. The fourth-order valence-corrected chi connectivity index (χ4v) is 1.12. The van der Waals surface area contributed by atoms with E-state index in [1.54, 1.807) is 6.20 Å². The van der Waals surface area contributed by atoms with Gasteiger partial charge in [-0.15, -0.1) is 37.2 Å². The molecule has 96 valence electrons. The molecule has 0 saturated heterocycles. The molecule has 4 N–H and O–H groups in total. The molecule has 0 amide bonds. The van der Waals surface area contributed by atoms with Crippen molar-refractivity contribution < 1.29 is 0 Å². The number of aromatic nitrogens is 1. The molecular formula is C9H17Cl4N3. The van der Waals surface area contributed by atoms with Crippen molar-refractivity contribution in [3.63, 3.8) is 0 Å². The van der Waals surface area contributed by atoms with Crippen molar-refractivity contribution in [1.82, 2.24) is 4.98 Å². The molecule has 1 heterocycles. The molecule has 1 atom stereocenters. The molecular weight excluding hydrogens is 292 g/mol. The molecule has 0 spiro atoms. The SMILES string of the molecule is Cl.Cl.Cl.NCC(N)CCc1ccc(Cl)cn1. The van der Waals surface area contributed by atoms with Crippen LogP contribution in [0.15, 0.2) is 18.3 Å². The normalized spacial score (nSPS) is 10.4. The highest BCUT2D eigenvalue weighted by molar-refractivity contribution is 6.30. The smallest absolute Gasteiger partial charge is 0.0589 e. The molecule has 0 fully saturated rings. The molecule has 7 heteroatoms. The van der Waals surface area contributed by atoms with Crippen molar-refractivity contribution >= 4 is 48.8 Å². The summed E-state index contributed by atoms with van der Waals surface area (Å²) in [6.07, 6.45) is 3.37. The number of nitrogens with zero attached hydrogens (tertiary/aromatic N) is 1. The number of hydrogen-bond acceptors (Lipinski definition) is 3. The maximum absolute atomic E-state index is 5.69. The van der Waals surface area contributed by atoms with E-state index in [-0.39, 0.29) is 43.3 Å². The number of hydrogen-bond donors (Lipinski definition) is 2. The molecule has 0 aliphatic rings. The lowest BCUT2D eigenvalue weighted by atomic mass is 10.1. The first kappa shape index (κ1) is 21.5. The number of rotatable bonds is 4. The summed E-state index contributed by atoms with van der Waals surface area (Å²) in [6.45, 7) is 0.521. The molecule has 1 aromatic heterocycles. The summed E-state index contributed by atoms with van der Waals surface area (Å²) in [6, 6.07) is 3.81. The number of aryl methyl sites for hydroxylation is 1. The summed E-state index contributed by atoms with van der Waals surface area (Å²) >= 11 is 5.69. The maximum Gasteiger partial charge on any atom is 0.0589 e. The number of nitrogens with two attached hydrogens (primary N) is 2. The van der Waals surface area contributed by atoms with Crippen LogP contribution in [-0.4, -0.2) is 17.6 Å².